The number of aromatic nitrogens is 2. The topological polar surface area (TPSA) is 64.3 Å². The number of aliphatic hydroxyl groups is 1. The molecule has 0 atom stereocenters. The Bertz CT molecular complexity index is 821. The molecule has 3 rings (SSSR count). The number of nitrogens with zero attached hydrogens (tertiary/aromatic N) is 2. The van der Waals surface area contributed by atoms with Crippen molar-refractivity contribution in [3.63, 3.8) is 0 Å². The van der Waals surface area contributed by atoms with Crippen LogP contribution in [0.1, 0.15) is 16.2 Å². The van der Waals surface area contributed by atoms with Gasteiger partial charge in [-0.1, -0.05) is 18.2 Å². The van der Waals surface area contributed by atoms with Crippen LogP contribution in [0.15, 0.2) is 30.3 Å². The summed E-state index contributed by atoms with van der Waals surface area (Å²) in [5, 5.41) is 11.4. The van der Waals surface area contributed by atoms with E-state index in [9.17, 15) is 9.90 Å². The minimum absolute atomic E-state index is 0.209. The molecule has 1 aromatic carbocycles. The fourth-order valence-electron chi connectivity index (χ4n) is 2.60. The minimum atomic E-state index is -0.505. The lowest BCUT2D eigenvalue weighted by atomic mass is 10.1. The third-order valence-corrected chi connectivity index (χ3v) is 3.50. The van der Waals surface area contributed by atoms with E-state index in [0.29, 0.717) is 5.69 Å². The van der Waals surface area contributed by atoms with Crippen molar-refractivity contribution in [3.8, 4) is 0 Å². The molecule has 20 heavy (non-hydrogen) atoms. The molecule has 0 saturated heterocycles. The second kappa shape index (κ2) is 4.61. The van der Waals surface area contributed by atoms with E-state index < -0.39 is 5.97 Å². The van der Waals surface area contributed by atoms with Gasteiger partial charge in [0.15, 0.2) is 0 Å². The Balaban J connectivity index is 2.47. The number of fused-ring (bicyclic) bond motifs is 3. The molecule has 0 fully saturated rings. The number of aryl methyl sites for hydroxylation is 1. The number of para-hydroxylation sites is 1. The molecule has 0 radical (unpaired) electrons. The van der Waals surface area contributed by atoms with E-state index in [-0.39, 0.29) is 12.3 Å². The monoisotopic (exact) mass is 270 g/mol. The summed E-state index contributed by atoms with van der Waals surface area (Å²) in [7, 11) is 3.24. The number of carbonyl (C=O) groups excluding carboxylic acids is 1. The van der Waals surface area contributed by atoms with Crippen molar-refractivity contribution in [1.29, 1.82) is 0 Å². The zero-order valence-corrected chi connectivity index (χ0v) is 11.3. The highest BCUT2D eigenvalue weighted by molar-refractivity contribution is 6.10. The maximum atomic E-state index is 11.7. The summed E-state index contributed by atoms with van der Waals surface area (Å²) in [6, 6.07) is 9.59. The highest BCUT2D eigenvalue weighted by Crippen LogP contribution is 2.30. The molecule has 0 amide bonds. The lowest BCUT2D eigenvalue weighted by molar-refractivity contribution is 0.0593. The lowest BCUT2D eigenvalue weighted by Gasteiger charge is -2.05. The van der Waals surface area contributed by atoms with Crippen LogP contribution in [-0.2, 0) is 18.4 Å². The first-order chi connectivity index (χ1) is 9.67. The summed E-state index contributed by atoms with van der Waals surface area (Å²) in [5.74, 6) is -0.505. The first-order valence-electron chi connectivity index (χ1n) is 6.23. The van der Waals surface area contributed by atoms with Crippen LogP contribution in [0.5, 0.6) is 0 Å². The Morgan fingerprint density at radius 1 is 1.35 bits per heavy atom. The van der Waals surface area contributed by atoms with E-state index in [2.05, 4.69) is 4.98 Å². The van der Waals surface area contributed by atoms with E-state index in [1.165, 1.54) is 7.11 Å². The molecule has 102 valence electrons. The Kier molecular flexibility index (Phi) is 2.91. The number of methoxy groups -OCH3 is 1. The van der Waals surface area contributed by atoms with Gasteiger partial charge in [-0.05, 0) is 12.1 Å². The summed E-state index contributed by atoms with van der Waals surface area (Å²) in [5.41, 5.74) is 2.55. The van der Waals surface area contributed by atoms with Gasteiger partial charge in [0, 0.05) is 23.3 Å². The third-order valence-electron chi connectivity index (χ3n) is 3.50. The third kappa shape index (κ3) is 1.67. The SMILES string of the molecule is COC(=O)c1cc2c3ccccc3n(C)c2c(CO)n1. The largest absolute Gasteiger partial charge is 0.464 e. The van der Waals surface area contributed by atoms with Crippen LogP contribution in [-0.4, -0.2) is 27.7 Å². The van der Waals surface area contributed by atoms with Crippen molar-refractivity contribution in [3.05, 3.63) is 41.7 Å². The molecule has 2 heterocycles. The van der Waals surface area contributed by atoms with Crippen molar-refractivity contribution in [2.24, 2.45) is 7.05 Å². The van der Waals surface area contributed by atoms with Crippen molar-refractivity contribution in [1.82, 2.24) is 9.55 Å². The number of ether oxygens (including phenoxy) is 1. The number of hydrogen-bond donors (Lipinski definition) is 1. The molecule has 0 aliphatic heterocycles. The van der Waals surface area contributed by atoms with Gasteiger partial charge in [-0.15, -0.1) is 0 Å². The molecule has 0 unspecified atom stereocenters. The van der Waals surface area contributed by atoms with Gasteiger partial charge in [0.1, 0.15) is 5.69 Å². The van der Waals surface area contributed by atoms with E-state index >= 15 is 0 Å². The Morgan fingerprint density at radius 2 is 2.10 bits per heavy atom. The number of hydrogen-bond acceptors (Lipinski definition) is 4. The zero-order valence-electron chi connectivity index (χ0n) is 11.3. The molecular formula is C15H14N2O3. The number of rotatable bonds is 2. The van der Waals surface area contributed by atoms with Crippen LogP contribution in [0, 0.1) is 0 Å². The molecule has 0 saturated carbocycles. The van der Waals surface area contributed by atoms with Gasteiger partial charge < -0.3 is 14.4 Å². The smallest absolute Gasteiger partial charge is 0.356 e. The number of carbonyl (C=O) groups is 1. The zero-order chi connectivity index (χ0) is 14.3. The van der Waals surface area contributed by atoms with Gasteiger partial charge in [-0.25, -0.2) is 9.78 Å². The first kappa shape index (κ1) is 12.6. The van der Waals surface area contributed by atoms with Crippen molar-refractivity contribution >= 4 is 27.8 Å². The second-order valence-corrected chi connectivity index (χ2v) is 4.58. The van der Waals surface area contributed by atoms with E-state index in [1.54, 1.807) is 6.07 Å². The number of esters is 1. The number of pyridine rings is 1. The molecule has 3 aromatic rings. The Morgan fingerprint density at radius 3 is 2.80 bits per heavy atom. The number of benzene rings is 1. The summed E-state index contributed by atoms with van der Waals surface area (Å²) in [4.78, 5) is 15.9. The van der Waals surface area contributed by atoms with Crippen LogP contribution < -0.4 is 0 Å². The summed E-state index contributed by atoms with van der Waals surface area (Å²) in [6.07, 6.45) is 0. The Hall–Kier alpha value is -2.40. The molecule has 0 aliphatic carbocycles. The van der Waals surface area contributed by atoms with Gasteiger partial charge in [-0.2, -0.15) is 0 Å². The Labute approximate surface area is 115 Å². The fraction of sp³-hybridized carbons (Fsp3) is 0.200. The van der Waals surface area contributed by atoms with Crippen LogP contribution in [0.4, 0.5) is 0 Å². The van der Waals surface area contributed by atoms with Gasteiger partial charge in [0.2, 0.25) is 0 Å². The maximum Gasteiger partial charge on any atom is 0.356 e. The van der Waals surface area contributed by atoms with Crippen molar-refractivity contribution in [2.45, 2.75) is 6.61 Å². The van der Waals surface area contributed by atoms with Crippen LogP contribution in [0.25, 0.3) is 21.8 Å². The van der Waals surface area contributed by atoms with Crippen molar-refractivity contribution < 1.29 is 14.6 Å². The number of aliphatic hydroxyl groups excluding tert-OH is 1. The minimum Gasteiger partial charge on any atom is -0.464 e. The summed E-state index contributed by atoms with van der Waals surface area (Å²) in [6.45, 7) is -0.231. The van der Waals surface area contributed by atoms with E-state index in [0.717, 1.165) is 21.8 Å². The molecule has 1 N–H and O–H groups in total. The van der Waals surface area contributed by atoms with Crippen molar-refractivity contribution in [2.75, 3.05) is 7.11 Å². The standard InChI is InChI=1S/C15H14N2O3/c1-17-13-6-4-3-5-9(13)10-7-11(15(19)20-2)16-12(8-18)14(10)17/h3-7,18H,8H2,1-2H3. The molecule has 0 aliphatic rings. The normalized spacial score (nSPS) is 11.2. The quantitative estimate of drug-likeness (QED) is 0.723. The van der Waals surface area contributed by atoms with Gasteiger partial charge >= 0.3 is 5.97 Å². The molecule has 5 nitrogen and oxygen atoms in total. The average molecular weight is 270 g/mol. The summed E-state index contributed by atoms with van der Waals surface area (Å²) >= 11 is 0. The molecule has 2 aromatic heterocycles. The fourth-order valence-corrected chi connectivity index (χ4v) is 2.60. The van der Waals surface area contributed by atoms with Gasteiger partial charge in [-0.3, -0.25) is 0 Å². The molecule has 0 bridgehead atoms. The molecular weight excluding hydrogens is 256 g/mol. The maximum absolute atomic E-state index is 11.7. The molecule has 5 heteroatoms. The summed E-state index contributed by atoms with van der Waals surface area (Å²) < 4.78 is 6.69. The highest BCUT2D eigenvalue weighted by Gasteiger charge is 2.17. The first-order valence-corrected chi connectivity index (χ1v) is 6.23. The lowest BCUT2D eigenvalue weighted by Crippen LogP contribution is -2.07. The van der Waals surface area contributed by atoms with Gasteiger partial charge in [0.25, 0.3) is 0 Å². The van der Waals surface area contributed by atoms with Crippen LogP contribution in [0.2, 0.25) is 0 Å². The second-order valence-electron chi connectivity index (χ2n) is 4.58. The van der Waals surface area contributed by atoms with E-state index in [1.807, 2.05) is 35.9 Å². The predicted octanol–water partition coefficient (Wildman–Crippen LogP) is 2.01. The highest BCUT2D eigenvalue weighted by atomic mass is 16.5. The van der Waals surface area contributed by atoms with Crippen LogP contribution in [0.3, 0.4) is 0 Å². The van der Waals surface area contributed by atoms with Gasteiger partial charge in [0.05, 0.1) is 24.9 Å². The molecule has 0 spiro atoms. The predicted molar refractivity (Wildman–Crippen MR) is 75.5 cm³/mol. The average Bonchev–Trinajstić information content (AvgIpc) is 2.79. The van der Waals surface area contributed by atoms with Crippen LogP contribution >= 0.6 is 0 Å². The van der Waals surface area contributed by atoms with E-state index in [4.69, 9.17) is 4.74 Å².